The van der Waals surface area contributed by atoms with Crippen molar-refractivity contribution in [1.82, 2.24) is 0 Å². The number of alkyl halides is 1. The molecule has 2 nitrogen and oxygen atoms in total. The summed E-state index contributed by atoms with van der Waals surface area (Å²) >= 11 is 8.25. The number of Topliss-reactive ketones (excluding diaryl/α,β-unsaturated/α-hetero) is 1. The van der Waals surface area contributed by atoms with Gasteiger partial charge < -0.3 is 5.11 Å². The number of aromatic hydroxyl groups is 1. The first-order chi connectivity index (χ1) is 6.07. The molecular weight excluding hydrogens is 415 g/mol. The summed E-state index contributed by atoms with van der Waals surface area (Å²) < 4.78 is 1.18. The van der Waals surface area contributed by atoms with Crippen molar-refractivity contribution in [2.75, 3.05) is 5.33 Å². The average Bonchev–Trinajstić information content (AvgIpc) is 2.13. The van der Waals surface area contributed by atoms with Crippen LogP contribution in [0, 0.1) is 3.57 Å². The smallest absolute Gasteiger partial charge is 0.174 e. The van der Waals surface area contributed by atoms with Crippen LogP contribution in [0.2, 0.25) is 0 Å². The first-order valence-corrected chi connectivity index (χ1v) is 6.33. The van der Waals surface area contributed by atoms with E-state index in [1.165, 1.54) is 0 Å². The van der Waals surface area contributed by atoms with Crippen LogP contribution in [-0.2, 0) is 0 Å². The lowest BCUT2D eigenvalue weighted by Crippen LogP contribution is -2.01. The summed E-state index contributed by atoms with van der Waals surface area (Å²) in [5.41, 5.74) is 0.495. The van der Waals surface area contributed by atoms with Crippen LogP contribution in [0.5, 0.6) is 5.75 Å². The third kappa shape index (κ3) is 2.44. The molecule has 0 atom stereocenters. The van der Waals surface area contributed by atoms with Crippen molar-refractivity contribution in [2.45, 2.75) is 0 Å². The number of carbonyl (C=O) groups excluding carboxylic acids is 1. The predicted molar refractivity (Wildman–Crippen MR) is 66.6 cm³/mol. The van der Waals surface area contributed by atoms with Crippen LogP contribution in [0.25, 0.3) is 0 Å². The van der Waals surface area contributed by atoms with Gasteiger partial charge in [-0.2, -0.15) is 0 Å². The topological polar surface area (TPSA) is 37.3 Å². The van der Waals surface area contributed by atoms with E-state index >= 15 is 0 Å². The van der Waals surface area contributed by atoms with Crippen molar-refractivity contribution in [3.63, 3.8) is 0 Å². The maximum absolute atomic E-state index is 11.3. The summed E-state index contributed by atoms with van der Waals surface area (Å²) in [7, 11) is 0. The molecule has 0 radical (unpaired) electrons. The zero-order valence-electron chi connectivity index (χ0n) is 6.35. The van der Waals surface area contributed by atoms with Crippen LogP contribution in [0.3, 0.4) is 0 Å². The summed E-state index contributed by atoms with van der Waals surface area (Å²) in [5, 5.41) is 9.77. The molecule has 1 aromatic carbocycles. The molecule has 0 amide bonds. The van der Waals surface area contributed by atoms with Crippen LogP contribution >= 0.6 is 54.5 Å². The minimum atomic E-state index is -0.0569. The largest absolute Gasteiger partial charge is 0.506 e. The fourth-order valence-corrected chi connectivity index (χ4v) is 2.52. The number of hydrogen-bond acceptors (Lipinski definition) is 2. The van der Waals surface area contributed by atoms with Crippen molar-refractivity contribution in [3.05, 3.63) is 25.7 Å². The van der Waals surface area contributed by atoms with E-state index in [1.54, 1.807) is 12.1 Å². The highest BCUT2D eigenvalue weighted by Gasteiger charge is 2.13. The lowest BCUT2D eigenvalue weighted by Gasteiger charge is -2.04. The van der Waals surface area contributed by atoms with Crippen LogP contribution in [-0.4, -0.2) is 16.2 Å². The molecule has 0 spiro atoms. The van der Waals surface area contributed by atoms with E-state index < -0.39 is 0 Å². The third-order valence-electron chi connectivity index (χ3n) is 1.49. The molecule has 0 aliphatic carbocycles. The SMILES string of the molecule is O=C(CBr)c1ccc(I)c(O)c1Br. The molecule has 1 rings (SSSR count). The Balaban J connectivity index is 3.26. The van der Waals surface area contributed by atoms with Gasteiger partial charge in [0, 0.05) is 5.56 Å². The minimum absolute atomic E-state index is 0.0569. The number of carbonyl (C=O) groups is 1. The van der Waals surface area contributed by atoms with E-state index in [0.717, 1.165) is 3.57 Å². The molecule has 13 heavy (non-hydrogen) atoms. The van der Waals surface area contributed by atoms with E-state index in [-0.39, 0.29) is 16.9 Å². The van der Waals surface area contributed by atoms with E-state index in [4.69, 9.17) is 0 Å². The summed E-state index contributed by atoms with van der Waals surface area (Å²) in [6, 6.07) is 3.39. The van der Waals surface area contributed by atoms with Crippen molar-refractivity contribution in [1.29, 1.82) is 0 Å². The Morgan fingerprint density at radius 3 is 2.69 bits per heavy atom. The van der Waals surface area contributed by atoms with Crippen molar-refractivity contribution in [3.8, 4) is 5.75 Å². The number of benzene rings is 1. The van der Waals surface area contributed by atoms with Gasteiger partial charge in [0.05, 0.1) is 13.4 Å². The first-order valence-electron chi connectivity index (χ1n) is 3.34. The average molecular weight is 420 g/mol. The maximum Gasteiger partial charge on any atom is 0.174 e. The van der Waals surface area contributed by atoms with Crippen LogP contribution in [0.1, 0.15) is 10.4 Å². The van der Waals surface area contributed by atoms with Gasteiger partial charge in [0.25, 0.3) is 0 Å². The van der Waals surface area contributed by atoms with Gasteiger partial charge in [-0.3, -0.25) is 4.79 Å². The van der Waals surface area contributed by atoms with Crippen LogP contribution in [0.4, 0.5) is 0 Å². The zero-order chi connectivity index (χ0) is 10.0. The number of phenolic OH excluding ortho intramolecular Hbond substituents is 1. The summed E-state index contributed by atoms with van der Waals surface area (Å²) in [5.74, 6) is 0.0611. The number of hydrogen-bond donors (Lipinski definition) is 1. The van der Waals surface area contributed by atoms with Gasteiger partial charge >= 0.3 is 0 Å². The van der Waals surface area contributed by atoms with Crippen LogP contribution < -0.4 is 0 Å². The van der Waals surface area contributed by atoms with E-state index in [9.17, 15) is 9.90 Å². The predicted octanol–water partition coefficient (Wildman–Crippen LogP) is 3.34. The molecule has 1 N–H and O–H groups in total. The van der Waals surface area contributed by atoms with E-state index in [1.807, 2.05) is 22.6 Å². The zero-order valence-corrected chi connectivity index (χ0v) is 11.7. The Morgan fingerprint density at radius 1 is 1.54 bits per heavy atom. The molecule has 0 aliphatic heterocycles. The maximum atomic E-state index is 11.3. The van der Waals surface area contributed by atoms with Gasteiger partial charge in [0.1, 0.15) is 5.75 Å². The molecule has 0 aromatic heterocycles. The fraction of sp³-hybridized carbons (Fsp3) is 0.125. The Morgan fingerprint density at radius 2 is 2.15 bits per heavy atom. The molecule has 5 heteroatoms. The molecule has 0 saturated carbocycles. The van der Waals surface area contributed by atoms with Gasteiger partial charge in [-0.05, 0) is 50.7 Å². The quantitative estimate of drug-likeness (QED) is 0.453. The Kier molecular flexibility index (Phi) is 4.18. The molecule has 0 fully saturated rings. The van der Waals surface area contributed by atoms with Gasteiger partial charge in [0.15, 0.2) is 5.78 Å². The molecule has 0 heterocycles. The first kappa shape index (κ1) is 11.5. The summed E-state index contributed by atoms with van der Waals surface area (Å²) in [6.45, 7) is 0. The highest BCUT2D eigenvalue weighted by Crippen LogP contribution is 2.32. The Hall–Kier alpha value is 0.380. The number of ketones is 1. The molecule has 70 valence electrons. The van der Waals surface area contributed by atoms with E-state index in [2.05, 4.69) is 31.9 Å². The third-order valence-corrected chi connectivity index (χ3v) is 3.67. The molecule has 0 unspecified atom stereocenters. The monoisotopic (exact) mass is 418 g/mol. The molecule has 1 aromatic rings. The lowest BCUT2D eigenvalue weighted by atomic mass is 10.1. The summed E-state index contributed by atoms with van der Waals surface area (Å²) in [4.78, 5) is 11.3. The van der Waals surface area contributed by atoms with Crippen LogP contribution in [0.15, 0.2) is 16.6 Å². The Labute approximate surface area is 106 Å². The normalized spacial score (nSPS) is 10.1. The number of rotatable bonds is 2. The van der Waals surface area contributed by atoms with Crippen molar-refractivity contribution < 1.29 is 9.90 Å². The second-order valence-electron chi connectivity index (χ2n) is 2.31. The molecule has 0 aliphatic rings. The van der Waals surface area contributed by atoms with Gasteiger partial charge in [-0.25, -0.2) is 0 Å². The van der Waals surface area contributed by atoms with Crippen molar-refractivity contribution in [2.24, 2.45) is 0 Å². The van der Waals surface area contributed by atoms with E-state index in [0.29, 0.717) is 10.0 Å². The van der Waals surface area contributed by atoms with Gasteiger partial charge in [-0.1, -0.05) is 15.9 Å². The number of halogens is 3. The fourth-order valence-electron chi connectivity index (χ4n) is 0.828. The number of phenols is 1. The second kappa shape index (κ2) is 4.75. The highest BCUT2D eigenvalue weighted by atomic mass is 127. The highest BCUT2D eigenvalue weighted by molar-refractivity contribution is 14.1. The molecule has 0 bridgehead atoms. The van der Waals surface area contributed by atoms with Gasteiger partial charge in [-0.15, -0.1) is 0 Å². The Bertz CT molecular complexity index is 352. The molecule has 0 saturated heterocycles. The standard InChI is InChI=1S/C8H5Br2IO2/c9-3-6(12)4-1-2-5(11)8(13)7(4)10/h1-2,13H,3H2. The minimum Gasteiger partial charge on any atom is -0.506 e. The van der Waals surface area contributed by atoms with Gasteiger partial charge in [0.2, 0.25) is 0 Å². The summed E-state index contributed by atoms with van der Waals surface area (Å²) in [6.07, 6.45) is 0. The molecular formula is C8H5Br2IO2. The van der Waals surface area contributed by atoms with Crippen molar-refractivity contribution >= 4 is 60.2 Å². The lowest BCUT2D eigenvalue weighted by molar-refractivity contribution is 0.102. The second-order valence-corrected chi connectivity index (χ2v) is 4.83.